The van der Waals surface area contributed by atoms with E-state index in [9.17, 15) is 4.39 Å². The highest BCUT2D eigenvalue weighted by Gasteiger charge is 2.04. The number of benzene rings is 1. The summed E-state index contributed by atoms with van der Waals surface area (Å²) < 4.78 is 12.8. The highest BCUT2D eigenvalue weighted by molar-refractivity contribution is 5.81. The molecular weight excluding hydrogens is 169 g/mol. The summed E-state index contributed by atoms with van der Waals surface area (Å²) in [6.07, 6.45) is 0.738. The lowest BCUT2D eigenvalue weighted by molar-refractivity contribution is 0.629. The van der Waals surface area contributed by atoms with Crippen LogP contribution in [-0.4, -0.2) is 16.7 Å². The molecule has 0 saturated carbocycles. The zero-order valence-electron chi connectivity index (χ0n) is 7.05. The standard InChI is InChI=1S/C9H10FN3/c10-6-1-2-7-8(3-4-11)12-13-9(7)5-6/h1-2,5H,3-4,11H2,(H,12,13). The van der Waals surface area contributed by atoms with Crippen LogP contribution < -0.4 is 5.73 Å². The number of nitrogens with one attached hydrogen (secondary N) is 1. The van der Waals surface area contributed by atoms with E-state index in [-0.39, 0.29) is 5.82 Å². The second-order valence-electron chi connectivity index (χ2n) is 2.90. The Morgan fingerprint density at radius 1 is 1.46 bits per heavy atom. The van der Waals surface area contributed by atoms with Gasteiger partial charge >= 0.3 is 0 Å². The molecule has 0 atom stereocenters. The highest BCUT2D eigenvalue weighted by Crippen LogP contribution is 2.16. The smallest absolute Gasteiger partial charge is 0.125 e. The maximum absolute atomic E-state index is 12.8. The zero-order chi connectivity index (χ0) is 9.26. The number of nitrogens with two attached hydrogens (primary N) is 1. The predicted molar refractivity (Wildman–Crippen MR) is 48.8 cm³/mol. The van der Waals surface area contributed by atoms with Crippen LogP contribution in [0.3, 0.4) is 0 Å². The molecule has 0 radical (unpaired) electrons. The van der Waals surface area contributed by atoms with Gasteiger partial charge in [0.15, 0.2) is 0 Å². The van der Waals surface area contributed by atoms with E-state index in [0.717, 1.165) is 17.5 Å². The van der Waals surface area contributed by atoms with E-state index in [2.05, 4.69) is 10.2 Å². The molecule has 1 aromatic carbocycles. The first-order valence-electron chi connectivity index (χ1n) is 4.14. The maximum atomic E-state index is 12.8. The van der Waals surface area contributed by atoms with Crippen molar-refractivity contribution >= 4 is 10.9 Å². The van der Waals surface area contributed by atoms with Gasteiger partial charge in [-0.3, -0.25) is 5.10 Å². The van der Waals surface area contributed by atoms with Gasteiger partial charge in [-0.1, -0.05) is 0 Å². The Kier molecular flexibility index (Phi) is 1.98. The number of fused-ring (bicyclic) bond motifs is 1. The summed E-state index contributed by atoms with van der Waals surface area (Å²) in [6, 6.07) is 4.56. The molecule has 0 spiro atoms. The Balaban J connectivity index is 2.55. The monoisotopic (exact) mass is 179 g/mol. The van der Waals surface area contributed by atoms with Crippen LogP contribution in [-0.2, 0) is 6.42 Å². The molecule has 4 heteroatoms. The zero-order valence-corrected chi connectivity index (χ0v) is 7.05. The molecule has 3 N–H and O–H groups in total. The van der Waals surface area contributed by atoms with Crippen molar-refractivity contribution in [3.63, 3.8) is 0 Å². The first-order chi connectivity index (χ1) is 6.31. The molecule has 0 amide bonds. The summed E-state index contributed by atoms with van der Waals surface area (Å²) in [7, 11) is 0. The maximum Gasteiger partial charge on any atom is 0.125 e. The fraction of sp³-hybridized carbons (Fsp3) is 0.222. The fourth-order valence-electron chi connectivity index (χ4n) is 1.38. The molecule has 1 aromatic heterocycles. The van der Waals surface area contributed by atoms with Gasteiger partial charge in [-0.2, -0.15) is 5.10 Å². The van der Waals surface area contributed by atoms with Crippen molar-refractivity contribution in [2.75, 3.05) is 6.54 Å². The van der Waals surface area contributed by atoms with E-state index < -0.39 is 0 Å². The molecule has 0 fully saturated rings. The van der Waals surface area contributed by atoms with Crippen LogP contribution in [0.5, 0.6) is 0 Å². The van der Waals surface area contributed by atoms with E-state index in [0.29, 0.717) is 12.1 Å². The SMILES string of the molecule is NCCc1[nH]nc2cc(F)ccc12. The predicted octanol–water partition coefficient (Wildman–Crippen LogP) is 1.20. The lowest BCUT2D eigenvalue weighted by atomic mass is 10.2. The van der Waals surface area contributed by atoms with E-state index in [1.807, 2.05) is 0 Å². The van der Waals surface area contributed by atoms with E-state index in [1.165, 1.54) is 12.1 Å². The molecule has 0 saturated heterocycles. The molecule has 13 heavy (non-hydrogen) atoms. The van der Waals surface area contributed by atoms with Gasteiger partial charge in [-0.15, -0.1) is 0 Å². The lowest BCUT2D eigenvalue weighted by Gasteiger charge is -1.93. The minimum Gasteiger partial charge on any atom is -0.330 e. The van der Waals surface area contributed by atoms with Crippen molar-refractivity contribution in [3.05, 3.63) is 29.7 Å². The van der Waals surface area contributed by atoms with E-state index in [4.69, 9.17) is 5.73 Å². The first-order valence-corrected chi connectivity index (χ1v) is 4.14. The summed E-state index contributed by atoms with van der Waals surface area (Å²) in [5, 5.41) is 7.77. The minimum absolute atomic E-state index is 0.265. The lowest BCUT2D eigenvalue weighted by Crippen LogP contribution is -2.03. The summed E-state index contributed by atoms with van der Waals surface area (Å²) >= 11 is 0. The molecule has 0 bridgehead atoms. The van der Waals surface area contributed by atoms with Crippen molar-refractivity contribution in [1.29, 1.82) is 0 Å². The average Bonchev–Trinajstić information content (AvgIpc) is 2.49. The van der Waals surface area contributed by atoms with Crippen LogP contribution in [0.15, 0.2) is 18.2 Å². The van der Waals surface area contributed by atoms with Crippen LogP contribution in [0.25, 0.3) is 10.9 Å². The number of nitrogens with zero attached hydrogens (tertiary/aromatic N) is 1. The molecule has 0 unspecified atom stereocenters. The van der Waals surface area contributed by atoms with Crippen LogP contribution in [0, 0.1) is 5.82 Å². The Bertz CT molecular complexity index is 422. The third kappa shape index (κ3) is 1.40. The second-order valence-corrected chi connectivity index (χ2v) is 2.90. The van der Waals surface area contributed by atoms with Gasteiger partial charge in [-0.25, -0.2) is 4.39 Å². The fourth-order valence-corrected chi connectivity index (χ4v) is 1.38. The average molecular weight is 179 g/mol. The van der Waals surface area contributed by atoms with Crippen LogP contribution >= 0.6 is 0 Å². The highest BCUT2D eigenvalue weighted by atomic mass is 19.1. The van der Waals surface area contributed by atoms with Gasteiger partial charge in [0.05, 0.1) is 5.52 Å². The summed E-state index contributed by atoms with van der Waals surface area (Å²) in [6.45, 7) is 0.564. The summed E-state index contributed by atoms with van der Waals surface area (Å²) in [4.78, 5) is 0. The van der Waals surface area contributed by atoms with E-state index >= 15 is 0 Å². The Hall–Kier alpha value is -1.42. The van der Waals surface area contributed by atoms with Crippen molar-refractivity contribution in [1.82, 2.24) is 10.2 Å². The molecule has 0 aliphatic heterocycles. The third-order valence-electron chi connectivity index (χ3n) is 1.99. The van der Waals surface area contributed by atoms with Gasteiger partial charge in [0, 0.05) is 23.6 Å². The van der Waals surface area contributed by atoms with Gasteiger partial charge in [0.2, 0.25) is 0 Å². The Morgan fingerprint density at radius 3 is 3.08 bits per heavy atom. The number of halogens is 1. The molecule has 0 aliphatic carbocycles. The number of aromatic amines is 1. The van der Waals surface area contributed by atoms with Crippen molar-refractivity contribution < 1.29 is 4.39 Å². The van der Waals surface area contributed by atoms with Gasteiger partial charge in [0.1, 0.15) is 5.82 Å². The molecular formula is C9H10FN3. The molecule has 3 nitrogen and oxygen atoms in total. The second kappa shape index (κ2) is 3.14. The molecule has 2 aromatic rings. The quantitative estimate of drug-likeness (QED) is 0.727. The number of H-pyrrole nitrogens is 1. The Labute approximate surface area is 74.7 Å². The third-order valence-corrected chi connectivity index (χ3v) is 1.99. The summed E-state index contributed by atoms with van der Waals surface area (Å²) in [5.41, 5.74) is 7.04. The van der Waals surface area contributed by atoms with Crippen molar-refractivity contribution in [2.45, 2.75) is 6.42 Å². The normalized spacial score (nSPS) is 10.9. The number of rotatable bonds is 2. The minimum atomic E-state index is -0.265. The first kappa shape index (κ1) is 8.19. The number of aromatic nitrogens is 2. The van der Waals surface area contributed by atoms with Gasteiger partial charge in [0.25, 0.3) is 0 Å². The van der Waals surface area contributed by atoms with Crippen LogP contribution in [0.1, 0.15) is 5.69 Å². The van der Waals surface area contributed by atoms with Crippen LogP contribution in [0.2, 0.25) is 0 Å². The number of hydrogen-bond donors (Lipinski definition) is 2. The largest absolute Gasteiger partial charge is 0.330 e. The molecule has 2 rings (SSSR count). The Morgan fingerprint density at radius 2 is 2.31 bits per heavy atom. The van der Waals surface area contributed by atoms with Gasteiger partial charge in [-0.05, 0) is 18.7 Å². The number of hydrogen-bond acceptors (Lipinski definition) is 2. The molecule has 1 heterocycles. The van der Waals surface area contributed by atoms with Crippen molar-refractivity contribution in [3.8, 4) is 0 Å². The van der Waals surface area contributed by atoms with E-state index in [1.54, 1.807) is 6.07 Å². The van der Waals surface area contributed by atoms with Crippen molar-refractivity contribution in [2.24, 2.45) is 5.73 Å². The van der Waals surface area contributed by atoms with Crippen LogP contribution in [0.4, 0.5) is 4.39 Å². The van der Waals surface area contributed by atoms with Gasteiger partial charge < -0.3 is 5.73 Å². The summed E-state index contributed by atoms with van der Waals surface area (Å²) in [5.74, 6) is -0.265. The molecule has 68 valence electrons. The topological polar surface area (TPSA) is 54.7 Å². The molecule has 0 aliphatic rings.